The fraction of sp³-hybridized carbons (Fsp3) is 0.714. The number of hydrogen-bond donors (Lipinski definition) is 0. The molecule has 5 heteroatoms. The van der Waals surface area contributed by atoms with Crippen LogP contribution in [0.3, 0.4) is 0 Å². The maximum Gasteiger partial charge on any atom is 0.164 e. The van der Waals surface area contributed by atoms with E-state index in [1.165, 1.54) is 37.9 Å². The van der Waals surface area contributed by atoms with E-state index in [-0.39, 0.29) is 0 Å². The minimum absolute atomic E-state index is 0.733. The number of benzene rings is 1. The Hall–Kier alpha value is -1.30. The van der Waals surface area contributed by atoms with E-state index < -0.39 is 0 Å². The largest absolute Gasteiger partial charge is 0.493 e. The van der Waals surface area contributed by atoms with Gasteiger partial charge >= 0.3 is 0 Å². The smallest absolute Gasteiger partial charge is 0.164 e. The summed E-state index contributed by atoms with van der Waals surface area (Å²) in [5.74, 6) is 1.79. The van der Waals surface area contributed by atoms with Gasteiger partial charge in [0.05, 0.1) is 20.3 Å². The second kappa shape index (κ2) is 10.8. The zero-order chi connectivity index (χ0) is 18.0. The molecular formula is C21H34N2O3. The van der Waals surface area contributed by atoms with Crippen molar-refractivity contribution in [3.63, 3.8) is 0 Å². The first-order chi connectivity index (χ1) is 12.9. The minimum Gasteiger partial charge on any atom is -0.493 e. The van der Waals surface area contributed by atoms with Crippen LogP contribution in [0.25, 0.3) is 0 Å². The number of hydrogen-bond acceptors (Lipinski definition) is 5. The van der Waals surface area contributed by atoms with Gasteiger partial charge in [0.25, 0.3) is 0 Å². The summed E-state index contributed by atoms with van der Waals surface area (Å²) in [6, 6.07) is 6.25. The van der Waals surface area contributed by atoms with Crippen LogP contribution >= 0.6 is 0 Å². The molecule has 0 unspecified atom stereocenters. The van der Waals surface area contributed by atoms with Gasteiger partial charge in [0, 0.05) is 19.6 Å². The molecule has 0 aromatic heterocycles. The van der Waals surface area contributed by atoms with Crippen molar-refractivity contribution < 1.29 is 14.2 Å². The third-order valence-corrected chi connectivity index (χ3v) is 5.41. The maximum atomic E-state index is 6.20. The molecule has 0 bridgehead atoms. The molecule has 2 aliphatic heterocycles. The Morgan fingerprint density at radius 2 is 1.73 bits per heavy atom. The summed E-state index contributed by atoms with van der Waals surface area (Å²) in [6.45, 7) is 9.11. The summed E-state index contributed by atoms with van der Waals surface area (Å²) >= 11 is 0. The molecule has 2 fully saturated rings. The Morgan fingerprint density at radius 3 is 2.50 bits per heavy atom. The van der Waals surface area contributed by atoms with Crippen LogP contribution in [0, 0.1) is 0 Å². The summed E-state index contributed by atoms with van der Waals surface area (Å²) in [5.41, 5.74) is 1.26. The van der Waals surface area contributed by atoms with Crippen LogP contribution in [0.5, 0.6) is 11.5 Å². The first-order valence-corrected chi connectivity index (χ1v) is 10.2. The quantitative estimate of drug-likeness (QED) is 0.675. The van der Waals surface area contributed by atoms with E-state index in [4.69, 9.17) is 14.2 Å². The molecule has 26 heavy (non-hydrogen) atoms. The molecule has 0 amide bonds. The molecule has 0 N–H and O–H groups in total. The van der Waals surface area contributed by atoms with Crippen molar-refractivity contribution in [2.24, 2.45) is 0 Å². The Morgan fingerprint density at radius 1 is 0.962 bits per heavy atom. The van der Waals surface area contributed by atoms with Crippen molar-refractivity contribution in [3.05, 3.63) is 23.8 Å². The monoisotopic (exact) mass is 362 g/mol. The summed E-state index contributed by atoms with van der Waals surface area (Å²) in [4.78, 5) is 5.00. The lowest BCUT2D eigenvalue weighted by Gasteiger charge is -2.27. The summed E-state index contributed by atoms with van der Waals surface area (Å²) in [5, 5.41) is 0. The highest BCUT2D eigenvalue weighted by molar-refractivity contribution is 5.46. The molecule has 5 nitrogen and oxygen atoms in total. The number of rotatable bonds is 9. The molecule has 146 valence electrons. The predicted octanol–water partition coefficient (Wildman–Crippen LogP) is 2.82. The molecule has 0 spiro atoms. The van der Waals surface area contributed by atoms with Gasteiger partial charge < -0.3 is 14.2 Å². The molecule has 2 saturated heterocycles. The van der Waals surface area contributed by atoms with Gasteiger partial charge in [-0.1, -0.05) is 18.6 Å². The summed E-state index contributed by atoms with van der Waals surface area (Å²) in [6.07, 6.45) is 6.17. The van der Waals surface area contributed by atoms with Crippen LogP contribution in [-0.2, 0) is 11.2 Å². The summed E-state index contributed by atoms with van der Waals surface area (Å²) < 4.78 is 17.2. The number of aryl methyl sites for hydroxylation is 1. The van der Waals surface area contributed by atoms with E-state index in [0.29, 0.717) is 0 Å². The molecule has 0 saturated carbocycles. The molecule has 0 atom stereocenters. The van der Waals surface area contributed by atoms with Gasteiger partial charge in [-0.25, -0.2) is 0 Å². The van der Waals surface area contributed by atoms with Crippen molar-refractivity contribution in [3.8, 4) is 11.5 Å². The third kappa shape index (κ3) is 5.86. The minimum atomic E-state index is 0.733. The SMILES string of the molecule is COc1cccc(CCCN2CCOCC2)c1OCCN1CCCCC1. The van der Waals surface area contributed by atoms with Crippen molar-refractivity contribution in [1.82, 2.24) is 9.80 Å². The molecule has 1 aromatic rings. The first-order valence-electron chi connectivity index (χ1n) is 10.2. The van der Waals surface area contributed by atoms with Gasteiger partial charge in [0.1, 0.15) is 6.61 Å². The van der Waals surface area contributed by atoms with Crippen LogP contribution < -0.4 is 9.47 Å². The topological polar surface area (TPSA) is 34.2 Å². The van der Waals surface area contributed by atoms with E-state index in [2.05, 4.69) is 21.9 Å². The second-order valence-corrected chi connectivity index (χ2v) is 7.26. The average molecular weight is 363 g/mol. The highest BCUT2D eigenvalue weighted by Crippen LogP contribution is 2.32. The lowest BCUT2D eigenvalue weighted by Crippen LogP contribution is -2.36. The first kappa shape index (κ1) is 19.5. The molecule has 2 aliphatic rings. The zero-order valence-electron chi connectivity index (χ0n) is 16.3. The molecule has 0 radical (unpaired) electrons. The number of para-hydroxylation sites is 1. The van der Waals surface area contributed by atoms with Crippen molar-refractivity contribution >= 4 is 0 Å². The van der Waals surface area contributed by atoms with E-state index in [9.17, 15) is 0 Å². The Bertz CT molecular complexity index is 526. The van der Waals surface area contributed by atoms with E-state index >= 15 is 0 Å². The molecule has 3 rings (SSSR count). The van der Waals surface area contributed by atoms with Gasteiger partial charge in [-0.05, 0) is 56.9 Å². The second-order valence-electron chi connectivity index (χ2n) is 7.26. The number of morpholine rings is 1. The number of ether oxygens (including phenoxy) is 3. The van der Waals surface area contributed by atoms with Gasteiger partial charge in [0.2, 0.25) is 0 Å². The fourth-order valence-corrected chi connectivity index (χ4v) is 3.86. The van der Waals surface area contributed by atoms with Gasteiger partial charge in [-0.3, -0.25) is 9.80 Å². The molecule has 2 heterocycles. The predicted molar refractivity (Wildman–Crippen MR) is 104 cm³/mol. The maximum absolute atomic E-state index is 6.20. The lowest BCUT2D eigenvalue weighted by atomic mass is 10.1. The fourth-order valence-electron chi connectivity index (χ4n) is 3.86. The number of methoxy groups -OCH3 is 1. The third-order valence-electron chi connectivity index (χ3n) is 5.41. The lowest BCUT2D eigenvalue weighted by molar-refractivity contribution is 0.0374. The van der Waals surface area contributed by atoms with Gasteiger partial charge in [0.15, 0.2) is 11.5 Å². The highest BCUT2D eigenvalue weighted by atomic mass is 16.5. The van der Waals surface area contributed by atoms with Gasteiger partial charge in [-0.15, -0.1) is 0 Å². The van der Waals surface area contributed by atoms with Crippen molar-refractivity contribution in [2.45, 2.75) is 32.1 Å². The Labute approximate surface area is 158 Å². The number of nitrogens with zero attached hydrogens (tertiary/aromatic N) is 2. The van der Waals surface area contributed by atoms with Crippen LogP contribution in [-0.4, -0.2) is 76.0 Å². The van der Waals surface area contributed by atoms with Crippen LogP contribution in [0.1, 0.15) is 31.2 Å². The number of likely N-dealkylation sites (tertiary alicyclic amines) is 1. The normalized spacial score (nSPS) is 19.4. The van der Waals surface area contributed by atoms with E-state index in [0.717, 1.165) is 70.3 Å². The molecule has 1 aromatic carbocycles. The van der Waals surface area contributed by atoms with Gasteiger partial charge in [-0.2, -0.15) is 0 Å². The standard InChI is InChI=1S/C21H34N2O3/c1-24-20-9-5-7-19(8-6-12-23-13-16-25-17-14-23)21(20)26-18-15-22-10-3-2-4-11-22/h5,7,9H,2-4,6,8,10-18H2,1H3. The van der Waals surface area contributed by atoms with Crippen molar-refractivity contribution in [1.29, 1.82) is 0 Å². The average Bonchev–Trinajstić information content (AvgIpc) is 2.70. The van der Waals surface area contributed by atoms with Crippen molar-refractivity contribution in [2.75, 3.05) is 66.2 Å². The summed E-state index contributed by atoms with van der Waals surface area (Å²) in [7, 11) is 1.73. The zero-order valence-corrected chi connectivity index (χ0v) is 16.3. The molecule has 0 aliphatic carbocycles. The Kier molecular flexibility index (Phi) is 8.05. The molecular weight excluding hydrogens is 328 g/mol. The number of piperidine rings is 1. The highest BCUT2D eigenvalue weighted by Gasteiger charge is 2.14. The van der Waals surface area contributed by atoms with E-state index in [1.807, 2.05) is 6.07 Å². The van der Waals surface area contributed by atoms with Crippen LogP contribution in [0.4, 0.5) is 0 Å². The van der Waals surface area contributed by atoms with Crippen LogP contribution in [0.2, 0.25) is 0 Å². The Balaban J connectivity index is 1.50. The van der Waals surface area contributed by atoms with Crippen LogP contribution in [0.15, 0.2) is 18.2 Å². The van der Waals surface area contributed by atoms with E-state index in [1.54, 1.807) is 7.11 Å².